The Morgan fingerprint density at radius 1 is 1.24 bits per heavy atom. The van der Waals surface area contributed by atoms with E-state index < -0.39 is 6.36 Å². The predicted molar refractivity (Wildman–Crippen MR) is 58.5 cm³/mol. The summed E-state index contributed by atoms with van der Waals surface area (Å²) in [6.07, 6.45) is -3.88. The van der Waals surface area contributed by atoms with Crippen LogP contribution in [0.2, 0.25) is 0 Å². The number of nitrogens with two attached hydrogens (primary N) is 1. The molecule has 0 bridgehead atoms. The van der Waals surface area contributed by atoms with Crippen molar-refractivity contribution in [1.29, 1.82) is 0 Å². The fourth-order valence-corrected chi connectivity index (χ4v) is 1.32. The zero-order valence-electron chi connectivity index (χ0n) is 9.26. The van der Waals surface area contributed by atoms with E-state index in [2.05, 4.69) is 10.1 Å². The molecule has 0 aromatic heterocycles. The minimum absolute atomic E-state index is 0.166. The fourth-order valence-electron chi connectivity index (χ4n) is 1.32. The van der Waals surface area contributed by atoms with Crippen LogP contribution in [0.4, 0.5) is 13.2 Å². The molecule has 1 aromatic rings. The van der Waals surface area contributed by atoms with Gasteiger partial charge in [0.1, 0.15) is 5.75 Å². The Bertz CT molecular complexity index is 342. The molecule has 0 spiro atoms. The standard InChI is InChI=1S/C11H15F3N2O/c12-11(13,14)17-10-5-2-1-4-9(10)8-16-7-3-6-15/h1-2,4-5,16H,3,6-8,15H2. The van der Waals surface area contributed by atoms with Crippen LogP contribution in [0.3, 0.4) is 0 Å². The Balaban J connectivity index is 2.58. The molecule has 0 aliphatic heterocycles. The molecule has 0 fully saturated rings. The second-order valence-electron chi connectivity index (χ2n) is 3.47. The van der Waals surface area contributed by atoms with Crippen molar-refractivity contribution in [2.24, 2.45) is 5.73 Å². The van der Waals surface area contributed by atoms with Gasteiger partial charge in [0.25, 0.3) is 0 Å². The third-order valence-electron chi connectivity index (χ3n) is 2.07. The first-order valence-electron chi connectivity index (χ1n) is 5.27. The highest BCUT2D eigenvalue weighted by Crippen LogP contribution is 2.25. The number of halogens is 3. The topological polar surface area (TPSA) is 47.3 Å². The molecule has 0 aliphatic rings. The number of rotatable bonds is 6. The molecular weight excluding hydrogens is 233 g/mol. The second kappa shape index (κ2) is 6.46. The molecule has 1 aromatic carbocycles. The van der Waals surface area contributed by atoms with Gasteiger partial charge in [-0.1, -0.05) is 18.2 Å². The van der Waals surface area contributed by atoms with Crippen molar-refractivity contribution in [3.63, 3.8) is 0 Å². The van der Waals surface area contributed by atoms with Gasteiger partial charge in [-0.3, -0.25) is 0 Å². The van der Waals surface area contributed by atoms with Crippen molar-refractivity contribution in [3.05, 3.63) is 29.8 Å². The summed E-state index contributed by atoms with van der Waals surface area (Å²) in [7, 11) is 0. The minimum atomic E-state index is -4.66. The van der Waals surface area contributed by atoms with Crippen LogP contribution >= 0.6 is 0 Å². The molecule has 0 aliphatic carbocycles. The van der Waals surface area contributed by atoms with E-state index in [-0.39, 0.29) is 5.75 Å². The molecule has 6 heteroatoms. The van der Waals surface area contributed by atoms with Crippen LogP contribution in [0.1, 0.15) is 12.0 Å². The quantitative estimate of drug-likeness (QED) is 0.757. The number of para-hydroxylation sites is 1. The maximum Gasteiger partial charge on any atom is 0.573 e. The molecule has 0 atom stereocenters. The highest BCUT2D eigenvalue weighted by Gasteiger charge is 2.31. The lowest BCUT2D eigenvalue weighted by molar-refractivity contribution is -0.274. The summed E-state index contributed by atoms with van der Waals surface area (Å²) in [6, 6.07) is 6.07. The molecule has 17 heavy (non-hydrogen) atoms. The van der Waals surface area contributed by atoms with Crippen molar-refractivity contribution in [2.45, 2.75) is 19.3 Å². The Morgan fingerprint density at radius 2 is 1.94 bits per heavy atom. The summed E-state index contributed by atoms with van der Waals surface area (Å²) < 4.78 is 40.2. The molecular formula is C11H15F3N2O. The van der Waals surface area contributed by atoms with E-state index in [1.807, 2.05) is 0 Å². The normalized spacial score (nSPS) is 11.5. The number of nitrogens with one attached hydrogen (secondary N) is 1. The van der Waals surface area contributed by atoms with Gasteiger partial charge >= 0.3 is 6.36 Å². The lowest BCUT2D eigenvalue weighted by Gasteiger charge is -2.13. The molecule has 1 rings (SSSR count). The lowest BCUT2D eigenvalue weighted by atomic mass is 10.2. The average molecular weight is 248 g/mol. The maximum atomic E-state index is 12.1. The molecule has 3 N–H and O–H groups in total. The van der Waals surface area contributed by atoms with Crippen LogP contribution in [-0.2, 0) is 6.54 Å². The number of alkyl halides is 3. The highest BCUT2D eigenvalue weighted by atomic mass is 19.4. The summed E-state index contributed by atoms with van der Waals surface area (Å²) in [5.41, 5.74) is 5.78. The Kier molecular flexibility index (Phi) is 5.24. The number of ether oxygens (including phenoxy) is 1. The molecule has 96 valence electrons. The average Bonchev–Trinajstić information content (AvgIpc) is 2.24. The van der Waals surface area contributed by atoms with E-state index in [0.29, 0.717) is 25.2 Å². The summed E-state index contributed by atoms with van der Waals surface area (Å²) in [5, 5.41) is 3.00. The zero-order valence-corrected chi connectivity index (χ0v) is 9.26. The summed E-state index contributed by atoms with van der Waals surface area (Å²) in [4.78, 5) is 0. The number of hydrogen-bond donors (Lipinski definition) is 2. The van der Waals surface area contributed by atoms with Crippen LogP contribution in [0.15, 0.2) is 24.3 Å². The van der Waals surface area contributed by atoms with E-state index >= 15 is 0 Å². The number of benzene rings is 1. The van der Waals surface area contributed by atoms with Gasteiger partial charge in [-0.05, 0) is 25.6 Å². The van der Waals surface area contributed by atoms with Gasteiger partial charge in [0.15, 0.2) is 0 Å². The van der Waals surface area contributed by atoms with Crippen LogP contribution in [0, 0.1) is 0 Å². The van der Waals surface area contributed by atoms with E-state index in [9.17, 15) is 13.2 Å². The van der Waals surface area contributed by atoms with Crippen molar-refractivity contribution < 1.29 is 17.9 Å². The maximum absolute atomic E-state index is 12.1. The molecule has 0 heterocycles. The SMILES string of the molecule is NCCCNCc1ccccc1OC(F)(F)F. The van der Waals surface area contributed by atoms with E-state index in [0.717, 1.165) is 6.42 Å². The summed E-state index contributed by atoms with van der Waals surface area (Å²) in [5.74, 6) is -0.166. The summed E-state index contributed by atoms with van der Waals surface area (Å²) in [6.45, 7) is 1.54. The molecule has 0 saturated heterocycles. The fraction of sp³-hybridized carbons (Fsp3) is 0.455. The summed E-state index contributed by atoms with van der Waals surface area (Å²) >= 11 is 0. The van der Waals surface area contributed by atoms with Crippen LogP contribution < -0.4 is 15.8 Å². The van der Waals surface area contributed by atoms with Crippen molar-refractivity contribution in [1.82, 2.24) is 5.32 Å². The van der Waals surface area contributed by atoms with Crippen LogP contribution in [-0.4, -0.2) is 19.5 Å². The molecule has 0 unspecified atom stereocenters. The van der Waals surface area contributed by atoms with E-state index in [1.54, 1.807) is 12.1 Å². The van der Waals surface area contributed by atoms with Gasteiger partial charge in [0.2, 0.25) is 0 Å². The Morgan fingerprint density at radius 3 is 2.59 bits per heavy atom. The van der Waals surface area contributed by atoms with Gasteiger partial charge in [0.05, 0.1) is 0 Å². The van der Waals surface area contributed by atoms with Gasteiger partial charge in [-0.25, -0.2) is 0 Å². The van der Waals surface area contributed by atoms with Gasteiger partial charge < -0.3 is 15.8 Å². The van der Waals surface area contributed by atoms with Crippen LogP contribution in [0.5, 0.6) is 5.75 Å². The Hall–Kier alpha value is -1.27. The van der Waals surface area contributed by atoms with Gasteiger partial charge in [-0.2, -0.15) is 0 Å². The molecule has 0 saturated carbocycles. The van der Waals surface area contributed by atoms with E-state index in [1.165, 1.54) is 12.1 Å². The monoisotopic (exact) mass is 248 g/mol. The second-order valence-corrected chi connectivity index (χ2v) is 3.47. The first kappa shape index (κ1) is 13.8. The third kappa shape index (κ3) is 5.55. The van der Waals surface area contributed by atoms with Gasteiger partial charge in [0, 0.05) is 12.1 Å². The van der Waals surface area contributed by atoms with Crippen LogP contribution in [0.25, 0.3) is 0 Å². The highest BCUT2D eigenvalue weighted by molar-refractivity contribution is 5.33. The smallest absolute Gasteiger partial charge is 0.405 e. The first-order valence-corrected chi connectivity index (χ1v) is 5.27. The minimum Gasteiger partial charge on any atom is -0.405 e. The van der Waals surface area contributed by atoms with E-state index in [4.69, 9.17) is 5.73 Å². The lowest BCUT2D eigenvalue weighted by Crippen LogP contribution is -2.21. The first-order chi connectivity index (χ1) is 8.03. The third-order valence-corrected chi connectivity index (χ3v) is 2.07. The van der Waals surface area contributed by atoms with Gasteiger partial charge in [-0.15, -0.1) is 13.2 Å². The molecule has 3 nitrogen and oxygen atoms in total. The predicted octanol–water partition coefficient (Wildman–Crippen LogP) is 2.02. The molecule has 0 amide bonds. The van der Waals surface area contributed by atoms with Crippen molar-refractivity contribution >= 4 is 0 Å². The van der Waals surface area contributed by atoms with Crippen molar-refractivity contribution in [2.75, 3.05) is 13.1 Å². The molecule has 0 radical (unpaired) electrons. The largest absolute Gasteiger partial charge is 0.573 e. The van der Waals surface area contributed by atoms with Crippen molar-refractivity contribution in [3.8, 4) is 5.75 Å². The Labute approximate surface area is 97.8 Å². The number of hydrogen-bond acceptors (Lipinski definition) is 3. The zero-order chi connectivity index (χ0) is 12.7.